The molecule has 1 aliphatic rings. The van der Waals surface area contributed by atoms with Crippen molar-refractivity contribution in [3.05, 3.63) is 40.8 Å². The van der Waals surface area contributed by atoms with Gasteiger partial charge in [0.05, 0.1) is 24.1 Å². The van der Waals surface area contributed by atoms with Crippen LogP contribution >= 0.6 is 11.3 Å². The van der Waals surface area contributed by atoms with Gasteiger partial charge >= 0.3 is 5.97 Å². The van der Waals surface area contributed by atoms with Gasteiger partial charge in [-0.2, -0.15) is 4.31 Å². The third-order valence-corrected chi connectivity index (χ3v) is 6.98. The van der Waals surface area contributed by atoms with Gasteiger partial charge in [0.15, 0.2) is 0 Å². The summed E-state index contributed by atoms with van der Waals surface area (Å²) < 4.78 is 37.4. The number of thiazole rings is 1. The van der Waals surface area contributed by atoms with E-state index < -0.39 is 22.0 Å². The van der Waals surface area contributed by atoms with Gasteiger partial charge in [0.1, 0.15) is 11.8 Å². The SMILES string of the molecule is COc1ccc(S(=O)(=O)N2CCC[C@H]2C(=O)OCCc2cncs2)cc1. The Balaban J connectivity index is 1.66. The average molecular weight is 396 g/mol. The molecule has 7 nitrogen and oxygen atoms in total. The molecule has 0 N–H and O–H groups in total. The van der Waals surface area contributed by atoms with E-state index in [1.807, 2.05) is 0 Å². The molecule has 0 unspecified atom stereocenters. The molecule has 0 amide bonds. The fraction of sp³-hybridized carbons (Fsp3) is 0.412. The summed E-state index contributed by atoms with van der Waals surface area (Å²) in [5.74, 6) is 0.0773. The monoisotopic (exact) mass is 396 g/mol. The van der Waals surface area contributed by atoms with Crippen LogP contribution in [0.1, 0.15) is 17.7 Å². The van der Waals surface area contributed by atoms with Gasteiger partial charge in [-0.05, 0) is 37.1 Å². The fourth-order valence-corrected chi connectivity index (χ4v) is 5.09. The molecule has 0 bridgehead atoms. The summed E-state index contributed by atoms with van der Waals surface area (Å²) >= 11 is 1.49. The minimum Gasteiger partial charge on any atom is -0.497 e. The van der Waals surface area contributed by atoms with Crippen LogP contribution in [0.25, 0.3) is 0 Å². The van der Waals surface area contributed by atoms with E-state index in [1.54, 1.807) is 23.8 Å². The van der Waals surface area contributed by atoms with Gasteiger partial charge in [0.25, 0.3) is 0 Å². The van der Waals surface area contributed by atoms with Crippen molar-refractivity contribution >= 4 is 27.3 Å². The zero-order valence-electron chi connectivity index (χ0n) is 14.3. The van der Waals surface area contributed by atoms with E-state index in [4.69, 9.17) is 9.47 Å². The van der Waals surface area contributed by atoms with Gasteiger partial charge < -0.3 is 9.47 Å². The quantitative estimate of drug-likeness (QED) is 0.666. The molecular weight excluding hydrogens is 376 g/mol. The maximum atomic E-state index is 12.9. The molecule has 9 heteroatoms. The number of ether oxygens (including phenoxy) is 2. The summed E-state index contributed by atoms with van der Waals surface area (Å²) in [6, 6.07) is 5.37. The van der Waals surface area contributed by atoms with Gasteiger partial charge in [-0.25, -0.2) is 8.42 Å². The lowest BCUT2D eigenvalue weighted by atomic mass is 10.2. The van der Waals surface area contributed by atoms with E-state index in [1.165, 1.54) is 34.9 Å². The molecule has 0 saturated carbocycles. The summed E-state index contributed by atoms with van der Waals surface area (Å²) in [7, 11) is -2.24. The molecule has 1 aromatic heterocycles. The standard InChI is InChI=1S/C17H20N2O5S2/c1-23-13-4-6-15(7-5-13)26(21,22)19-9-2-3-16(19)17(20)24-10-8-14-11-18-12-25-14/h4-7,11-12,16H,2-3,8-10H2,1H3/t16-/m0/s1. The van der Waals surface area contributed by atoms with Crippen molar-refractivity contribution in [1.82, 2.24) is 9.29 Å². The Morgan fingerprint density at radius 2 is 2.12 bits per heavy atom. The Morgan fingerprint density at radius 1 is 1.35 bits per heavy atom. The second-order valence-electron chi connectivity index (χ2n) is 5.83. The molecule has 26 heavy (non-hydrogen) atoms. The van der Waals surface area contributed by atoms with Crippen molar-refractivity contribution in [3.63, 3.8) is 0 Å². The highest BCUT2D eigenvalue weighted by atomic mass is 32.2. The van der Waals surface area contributed by atoms with Crippen LogP contribution in [0.2, 0.25) is 0 Å². The molecule has 2 heterocycles. The maximum absolute atomic E-state index is 12.9. The van der Waals surface area contributed by atoms with E-state index in [9.17, 15) is 13.2 Å². The molecular formula is C17H20N2O5S2. The summed E-state index contributed by atoms with van der Waals surface area (Å²) in [5.41, 5.74) is 1.72. The van der Waals surface area contributed by atoms with Gasteiger partial charge in [-0.3, -0.25) is 9.78 Å². The molecule has 0 aliphatic carbocycles. The number of sulfonamides is 1. The van der Waals surface area contributed by atoms with Gasteiger partial charge in [-0.15, -0.1) is 11.3 Å². The highest BCUT2D eigenvalue weighted by molar-refractivity contribution is 7.89. The number of aromatic nitrogens is 1. The normalized spacial score (nSPS) is 18.0. The largest absolute Gasteiger partial charge is 0.497 e. The Hall–Kier alpha value is -1.97. The second-order valence-corrected chi connectivity index (χ2v) is 8.70. The Labute approximate surface area is 156 Å². The first-order chi connectivity index (χ1) is 12.5. The van der Waals surface area contributed by atoms with Crippen molar-refractivity contribution in [3.8, 4) is 5.75 Å². The fourth-order valence-electron chi connectivity index (χ4n) is 2.86. The summed E-state index contributed by atoms with van der Waals surface area (Å²) in [6.07, 6.45) is 3.40. The maximum Gasteiger partial charge on any atom is 0.324 e. The van der Waals surface area contributed by atoms with Gasteiger partial charge in [0.2, 0.25) is 10.0 Å². The van der Waals surface area contributed by atoms with Crippen LogP contribution in [0.3, 0.4) is 0 Å². The predicted molar refractivity (Wildman–Crippen MR) is 96.7 cm³/mol. The van der Waals surface area contributed by atoms with Crippen LogP contribution < -0.4 is 4.74 Å². The van der Waals surface area contributed by atoms with Crippen molar-refractivity contribution in [2.24, 2.45) is 0 Å². The van der Waals surface area contributed by atoms with E-state index in [0.29, 0.717) is 31.6 Å². The summed E-state index contributed by atoms with van der Waals surface area (Å²) in [5, 5.41) is 0. The number of esters is 1. The van der Waals surface area contributed by atoms with Crippen LogP contribution in [0, 0.1) is 0 Å². The number of benzene rings is 1. The Kier molecular flexibility index (Phi) is 5.90. The van der Waals surface area contributed by atoms with Crippen LogP contribution in [-0.4, -0.2) is 50.0 Å². The minimum atomic E-state index is -3.76. The summed E-state index contributed by atoms with van der Waals surface area (Å²) in [4.78, 5) is 17.5. The first kappa shape index (κ1) is 18.8. The zero-order valence-corrected chi connectivity index (χ0v) is 16.0. The van der Waals surface area contributed by atoms with Crippen LogP contribution in [0.4, 0.5) is 0 Å². The van der Waals surface area contributed by atoms with E-state index in [2.05, 4.69) is 4.98 Å². The van der Waals surface area contributed by atoms with Crippen molar-refractivity contribution in [1.29, 1.82) is 0 Å². The minimum absolute atomic E-state index is 0.141. The lowest BCUT2D eigenvalue weighted by Crippen LogP contribution is -2.41. The molecule has 2 aromatic rings. The summed E-state index contributed by atoms with van der Waals surface area (Å²) in [6.45, 7) is 0.525. The topological polar surface area (TPSA) is 85.8 Å². The van der Waals surface area contributed by atoms with Gasteiger partial charge in [-0.1, -0.05) is 0 Å². The Morgan fingerprint density at radius 3 is 2.77 bits per heavy atom. The molecule has 1 aromatic carbocycles. The number of carbonyl (C=O) groups excluding carboxylic acids is 1. The number of nitrogens with zero attached hydrogens (tertiary/aromatic N) is 2. The zero-order chi connectivity index (χ0) is 18.6. The first-order valence-electron chi connectivity index (χ1n) is 8.22. The van der Waals surface area contributed by atoms with E-state index in [-0.39, 0.29) is 11.5 Å². The first-order valence-corrected chi connectivity index (χ1v) is 10.5. The smallest absolute Gasteiger partial charge is 0.324 e. The number of carbonyl (C=O) groups is 1. The van der Waals surface area contributed by atoms with Crippen molar-refractivity contribution in [2.75, 3.05) is 20.3 Å². The number of hydrogen-bond acceptors (Lipinski definition) is 7. The van der Waals surface area contributed by atoms with Gasteiger partial charge in [0, 0.05) is 24.0 Å². The highest BCUT2D eigenvalue weighted by Gasteiger charge is 2.40. The number of rotatable bonds is 7. The molecule has 140 valence electrons. The molecule has 1 fully saturated rings. The lowest BCUT2D eigenvalue weighted by molar-refractivity contribution is -0.147. The van der Waals surface area contributed by atoms with Crippen LogP contribution in [-0.2, 0) is 26.0 Å². The molecule has 1 aliphatic heterocycles. The third-order valence-electron chi connectivity index (χ3n) is 4.22. The average Bonchev–Trinajstić information content (AvgIpc) is 3.33. The lowest BCUT2D eigenvalue weighted by Gasteiger charge is -2.22. The number of hydrogen-bond donors (Lipinski definition) is 0. The van der Waals surface area contributed by atoms with E-state index in [0.717, 1.165) is 4.88 Å². The third kappa shape index (κ3) is 4.05. The van der Waals surface area contributed by atoms with Crippen molar-refractivity contribution in [2.45, 2.75) is 30.2 Å². The Bertz CT molecular complexity index is 835. The highest BCUT2D eigenvalue weighted by Crippen LogP contribution is 2.28. The molecule has 1 saturated heterocycles. The number of methoxy groups -OCH3 is 1. The molecule has 0 spiro atoms. The predicted octanol–water partition coefficient (Wildman–Crippen LogP) is 2.09. The molecule has 1 atom stereocenters. The molecule has 0 radical (unpaired) electrons. The second kappa shape index (κ2) is 8.15. The van der Waals surface area contributed by atoms with Crippen LogP contribution in [0.15, 0.2) is 40.9 Å². The van der Waals surface area contributed by atoms with Crippen molar-refractivity contribution < 1.29 is 22.7 Å². The molecule has 3 rings (SSSR count). The van der Waals surface area contributed by atoms with Crippen LogP contribution in [0.5, 0.6) is 5.75 Å². The van der Waals surface area contributed by atoms with E-state index >= 15 is 0 Å².